The van der Waals surface area contributed by atoms with Crippen LogP contribution in [-0.2, 0) is 11.3 Å². The van der Waals surface area contributed by atoms with Crippen LogP contribution < -0.4 is 16.6 Å². The van der Waals surface area contributed by atoms with Crippen LogP contribution in [0.4, 0.5) is 5.82 Å². The fraction of sp³-hybridized carbons (Fsp3) is 0.250. The Morgan fingerprint density at radius 1 is 1.24 bits per heavy atom. The Labute approximate surface area is 120 Å². The van der Waals surface area contributed by atoms with Crippen molar-refractivity contribution in [3.63, 3.8) is 0 Å². The fourth-order valence-corrected chi connectivity index (χ4v) is 1.72. The second-order valence-corrected chi connectivity index (χ2v) is 4.38. The van der Waals surface area contributed by atoms with Gasteiger partial charge in [-0.15, -0.1) is 0 Å². The van der Waals surface area contributed by atoms with Crippen molar-refractivity contribution in [1.82, 2.24) is 30.6 Å². The Hall–Kier alpha value is -2.97. The minimum atomic E-state index is -0.637. The number of nitrogens with two attached hydrogens (primary N) is 1. The van der Waals surface area contributed by atoms with E-state index in [9.17, 15) is 9.59 Å². The summed E-state index contributed by atoms with van der Waals surface area (Å²) in [5.74, 6) is -1.07. The molecular weight excluding hydrogens is 274 g/mol. The molecule has 0 unspecified atom stereocenters. The van der Waals surface area contributed by atoms with Crippen molar-refractivity contribution in [2.75, 3.05) is 5.73 Å². The van der Waals surface area contributed by atoms with E-state index in [4.69, 9.17) is 5.73 Å². The van der Waals surface area contributed by atoms with E-state index in [1.165, 1.54) is 17.1 Å². The van der Waals surface area contributed by atoms with Crippen molar-refractivity contribution in [3.8, 4) is 0 Å². The SMILES string of the molecule is Cc1cc(C)n(CC(=O)NNC(=O)c2nccnc2N)n1. The van der Waals surface area contributed by atoms with Crippen LogP contribution in [0.3, 0.4) is 0 Å². The lowest BCUT2D eigenvalue weighted by molar-refractivity contribution is -0.122. The Kier molecular flexibility index (Phi) is 4.12. The van der Waals surface area contributed by atoms with Gasteiger partial charge in [-0.3, -0.25) is 25.1 Å². The molecule has 0 atom stereocenters. The first-order valence-electron chi connectivity index (χ1n) is 6.14. The average Bonchev–Trinajstić information content (AvgIpc) is 2.74. The normalized spacial score (nSPS) is 10.2. The third kappa shape index (κ3) is 3.53. The second kappa shape index (κ2) is 5.99. The van der Waals surface area contributed by atoms with E-state index in [2.05, 4.69) is 25.9 Å². The van der Waals surface area contributed by atoms with Gasteiger partial charge in [-0.25, -0.2) is 9.97 Å². The lowest BCUT2D eigenvalue weighted by atomic mass is 10.4. The minimum Gasteiger partial charge on any atom is -0.382 e. The zero-order chi connectivity index (χ0) is 15.4. The number of nitrogens with zero attached hydrogens (tertiary/aromatic N) is 4. The van der Waals surface area contributed by atoms with E-state index in [1.807, 2.05) is 19.9 Å². The van der Waals surface area contributed by atoms with Gasteiger partial charge in [-0.1, -0.05) is 0 Å². The fourth-order valence-electron chi connectivity index (χ4n) is 1.72. The van der Waals surface area contributed by atoms with Gasteiger partial charge < -0.3 is 5.73 Å². The Balaban J connectivity index is 1.91. The van der Waals surface area contributed by atoms with Crippen molar-refractivity contribution in [3.05, 3.63) is 35.5 Å². The maximum Gasteiger partial charge on any atom is 0.292 e. The van der Waals surface area contributed by atoms with E-state index < -0.39 is 11.8 Å². The Morgan fingerprint density at radius 3 is 2.57 bits per heavy atom. The molecule has 110 valence electrons. The quantitative estimate of drug-likeness (QED) is 0.643. The molecule has 9 heteroatoms. The lowest BCUT2D eigenvalue weighted by Gasteiger charge is -2.08. The summed E-state index contributed by atoms with van der Waals surface area (Å²) in [6, 6.07) is 1.85. The molecule has 9 nitrogen and oxygen atoms in total. The molecule has 0 radical (unpaired) electrons. The minimum absolute atomic E-state index is 0.00406. The number of nitrogens with one attached hydrogen (secondary N) is 2. The lowest BCUT2D eigenvalue weighted by Crippen LogP contribution is -2.43. The van der Waals surface area contributed by atoms with Gasteiger partial charge >= 0.3 is 0 Å². The molecule has 0 aromatic carbocycles. The Morgan fingerprint density at radius 2 is 1.95 bits per heavy atom. The number of aryl methyl sites for hydroxylation is 2. The molecule has 0 aliphatic heterocycles. The first kappa shape index (κ1) is 14.4. The summed E-state index contributed by atoms with van der Waals surface area (Å²) in [4.78, 5) is 31.0. The van der Waals surface area contributed by atoms with Gasteiger partial charge in [0.25, 0.3) is 11.8 Å². The van der Waals surface area contributed by atoms with Crippen molar-refractivity contribution in [2.24, 2.45) is 0 Å². The summed E-state index contributed by atoms with van der Waals surface area (Å²) < 4.78 is 1.54. The maximum absolute atomic E-state index is 11.8. The number of hydrogen-bond acceptors (Lipinski definition) is 6. The highest BCUT2D eigenvalue weighted by molar-refractivity contribution is 5.97. The number of rotatable bonds is 3. The van der Waals surface area contributed by atoms with E-state index in [0.717, 1.165) is 11.4 Å². The van der Waals surface area contributed by atoms with Gasteiger partial charge in [0.15, 0.2) is 11.5 Å². The molecule has 2 aromatic rings. The van der Waals surface area contributed by atoms with Gasteiger partial charge in [-0.2, -0.15) is 5.10 Å². The zero-order valence-corrected chi connectivity index (χ0v) is 11.6. The first-order valence-corrected chi connectivity index (χ1v) is 6.14. The summed E-state index contributed by atoms with van der Waals surface area (Å²) in [5.41, 5.74) is 11.6. The molecule has 0 saturated heterocycles. The standard InChI is InChI=1S/C12H15N7O2/c1-7-5-8(2)19(18-7)6-9(20)16-17-12(21)10-11(13)15-4-3-14-10/h3-5H,6H2,1-2H3,(H2,13,15)(H,16,20)(H,17,21). The first-order chi connectivity index (χ1) is 9.97. The van der Waals surface area contributed by atoms with E-state index in [0.29, 0.717) is 0 Å². The number of carbonyl (C=O) groups is 2. The third-order valence-corrected chi connectivity index (χ3v) is 2.65. The molecule has 2 heterocycles. The van der Waals surface area contributed by atoms with Crippen molar-refractivity contribution in [2.45, 2.75) is 20.4 Å². The van der Waals surface area contributed by atoms with E-state index >= 15 is 0 Å². The molecule has 0 saturated carbocycles. The number of aromatic nitrogens is 4. The molecule has 0 fully saturated rings. The van der Waals surface area contributed by atoms with Gasteiger partial charge in [0.2, 0.25) is 0 Å². The van der Waals surface area contributed by atoms with Crippen LogP contribution in [0.25, 0.3) is 0 Å². The predicted molar refractivity (Wildman–Crippen MR) is 73.8 cm³/mol. The van der Waals surface area contributed by atoms with Crippen LogP contribution in [0.1, 0.15) is 21.9 Å². The van der Waals surface area contributed by atoms with Crippen molar-refractivity contribution in [1.29, 1.82) is 0 Å². The number of amides is 2. The summed E-state index contributed by atoms with van der Waals surface area (Å²) in [7, 11) is 0. The van der Waals surface area contributed by atoms with Crippen molar-refractivity contribution < 1.29 is 9.59 Å². The Bertz CT molecular complexity index is 680. The van der Waals surface area contributed by atoms with Gasteiger partial charge in [0.1, 0.15) is 6.54 Å². The average molecular weight is 289 g/mol. The molecule has 21 heavy (non-hydrogen) atoms. The van der Waals surface area contributed by atoms with E-state index in [1.54, 1.807) is 0 Å². The second-order valence-electron chi connectivity index (χ2n) is 4.38. The highest BCUT2D eigenvalue weighted by Gasteiger charge is 2.13. The van der Waals surface area contributed by atoms with E-state index in [-0.39, 0.29) is 18.1 Å². The molecule has 0 spiro atoms. The molecular formula is C12H15N7O2. The molecule has 2 aromatic heterocycles. The smallest absolute Gasteiger partial charge is 0.292 e. The molecule has 0 aliphatic carbocycles. The topological polar surface area (TPSA) is 128 Å². The van der Waals surface area contributed by atoms with Crippen LogP contribution in [0.5, 0.6) is 0 Å². The number of nitrogen functional groups attached to an aromatic ring is 1. The molecule has 4 N–H and O–H groups in total. The highest BCUT2D eigenvalue weighted by atomic mass is 16.2. The molecule has 0 bridgehead atoms. The number of hydrogen-bond donors (Lipinski definition) is 3. The summed E-state index contributed by atoms with van der Waals surface area (Å²) >= 11 is 0. The molecule has 0 aliphatic rings. The maximum atomic E-state index is 11.8. The van der Waals surface area contributed by atoms with Gasteiger partial charge in [0, 0.05) is 18.1 Å². The van der Waals surface area contributed by atoms with Gasteiger partial charge in [-0.05, 0) is 19.9 Å². The number of anilines is 1. The van der Waals surface area contributed by atoms with Crippen LogP contribution >= 0.6 is 0 Å². The summed E-state index contributed by atoms with van der Waals surface area (Å²) in [6.45, 7) is 3.67. The van der Waals surface area contributed by atoms with Crippen molar-refractivity contribution >= 4 is 17.6 Å². The molecule has 2 rings (SSSR count). The predicted octanol–water partition coefficient (Wildman–Crippen LogP) is -0.667. The van der Waals surface area contributed by atoms with Crippen LogP contribution in [0.15, 0.2) is 18.5 Å². The van der Waals surface area contributed by atoms with Gasteiger partial charge in [0.05, 0.1) is 5.69 Å². The number of carbonyl (C=O) groups excluding carboxylic acids is 2. The zero-order valence-electron chi connectivity index (χ0n) is 11.6. The summed E-state index contributed by atoms with van der Waals surface area (Å²) in [5, 5.41) is 4.15. The van der Waals surface area contributed by atoms with Crippen LogP contribution in [-0.4, -0.2) is 31.6 Å². The van der Waals surface area contributed by atoms with Crippen LogP contribution in [0, 0.1) is 13.8 Å². The van der Waals surface area contributed by atoms with Crippen LogP contribution in [0.2, 0.25) is 0 Å². The third-order valence-electron chi connectivity index (χ3n) is 2.65. The molecule has 2 amide bonds. The highest BCUT2D eigenvalue weighted by Crippen LogP contribution is 2.02. The summed E-state index contributed by atoms with van der Waals surface area (Å²) in [6.07, 6.45) is 2.70. The largest absolute Gasteiger partial charge is 0.382 e. The number of hydrazine groups is 1. The monoisotopic (exact) mass is 289 g/mol.